The summed E-state index contributed by atoms with van der Waals surface area (Å²) in [4.78, 5) is 23.5. The molecule has 0 fully saturated rings. The minimum atomic E-state index is -0.0134. The van der Waals surface area contributed by atoms with Gasteiger partial charge < -0.3 is 14.4 Å². The zero-order valence-electron chi connectivity index (χ0n) is 10.8. The molecule has 0 N–H and O–H groups in total. The van der Waals surface area contributed by atoms with Gasteiger partial charge in [0.2, 0.25) is 5.91 Å². The molecule has 18 heavy (non-hydrogen) atoms. The molecule has 0 aromatic heterocycles. The van der Waals surface area contributed by atoms with E-state index in [2.05, 4.69) is 0 Å². The molecule has 5 heteroatoms. The number of carbonyl (C=O) groups is 2. The zero-order chi connectivity index (χ0) is 13.5. The van der Waals surface area contributed by atoms with Crippen LogP contribution in [0.5, 0.6) is 11.5 Å². The van der Waals surface area contributed by atoms with Crippen LogP contribution in [-0.2, 0) is 4.79 Å². The van der Waals surface area contributed by atoms with Crippen molar-refractivity contribution in [3.05, 3.63) is 23.8 Å². The monoisotopic (exact) mass is 251 g/mol. The predicted octanol–water partition coefficient (Wildman–Crippen LogP) is 1.36. The Morgan fingerprint density at radius 2 is 2.06 bits per heavy atom. The Hall–Kier alpha value is -2.04. The molecule has 1 amide bonds. The molecule has 1 rings (SSSR count). The van der Waals surface area contributed by atoms with Crippen LogP contribution in [0.25, 0.3) is 0 Å². The van der Waals surface area contributed by atoms with Gasteiger partial charge in [-0.05, 0) is 18.2 Å². The quantitative estimate of drug-likeness (QED) is 0.716. The van der Waals surface area contributed by atoms with Gasteiger partial charge in [0.15, 0.2) is 11.5 Å². The minimum absolute atomic E-state index is 0.0134. The fourth-order valence-corrected chi connectivity index (χ4v) is 1.35. The smallest absolute Gasteiger partial charge is 0.225 e. The Morgan fingerprint density at radius 1 is 1.33 bits per heavy atom. The maximum Gasteiger partial charge on any atom is 0.225 e. The molecule has 0 radical (unpaired) electrons. The second-order valence-corrected chi connectivity index (χ2v) is 3.91. The average Bonchev–Trinajstić information content (AvgIpc) is 2.38. The van der Waals surface area contributed by atoms with E-state index in [-0.39, 0.29) is 18.9 Å². The van der Waals surface area contributed by atoms with Crippen molar-refractivity contribution >= 4 is 12.2 Å². The Kier molecular flexibility index (Phi) is 5.17. The molecular weight excluding hydrogens is 234 g/mol. The summed E-state index contributed by atoms with van der Waals surface area (Å²) >= 11 is 0. The molecule has 1 aromatic rings. The number of hydrogen-bond donors (Lipinski definition) is 0. The molecular formula is C13H17NO4. The van der Waals surface area contributed by atoms with Gasteiger partial charge in [-0.1, -0.05) is 0 Å². The van der Waals surface area contributed by atoms with Crippen LogP contribution in [-0.4, -0.2) is 44.9 Å². The third-order valence-corrected chi connectivity index (χ3v) is 2.40. The summed E-state index contributed by atoms with van der Waals surface area (Å²) in [5.41, 5.74) is 0.504. The van der Waals surface area contributed by atoms with Crippen LogP contribution < -0.4 is 9.47 Å². The molecule has 1 aromatic carbocycles. The Balaban J connectivity index is 2.65. The first-order valence-electron chi connectivity index (χ1n) is 5.54. The van der Waals surface area contributed by atoms with Gasteiger partial charge in [0.25, 0.3) is 0 Å². The van der Waals surface area contributed by atoms with Crippen molar-refractivity contribution in [1.29, 1.82) is 0 Å². The lowest BCUT2D eigenvalue weighted by Crippen LogP contribution is -2.23. The van der Waals surface area contributed by atoms with Gasteiger partial charge in [-0.15, -0.1) is 0 Å². The van der Waals surface area contributed by atoms with Gasteiger partial charge >= 0.3 is 0 Å². The first-order chi connectivity index (χ1) is 8.58. The molecule has 0 aliphatic rings. The van der Waals surface area contributed by atoms with Crippen molar-refractivity contribution in [1.82, 2.24) is 4.90 Å². The molecule has 0 spiro atoms. The van der Waals surface area contributed by atoms with Crippen LogP contribution in [0.2, 0.25) is 0 Å². The van der Waals surface area contributed by atoms with E-state index in [0.717, 1.165) is 6.29 Å². The molecule has 0 aliphatic carbocycles. The van der Waals surface area contributed by atoms with E-state index in [1.807, 2.05) is 0 Å². The molecule has 0 atom stereocenters. The van der Waals surface area contributed by atoms with E-state index >= 15 is 0 Å². The molecule has 98 valence electrons. The number of aldehydes is 1. The van der Waals surface area contributed by atoms with E-state index in [0.29, 0.717) is 17.1 Å². The Bertz CT molecular complexity index is 429. The summed E-state index contributed by atoms with van der Waals surface area (Å²) in [6, 6.07) is 4.89. The lowest BCUT2D eigenvalue weighted by molar-refractivity contribution is -0.129. The molecule has 0 saturated carbocycles. The van der Waals surface area contributed by atoms with Gasteiger partial charge in [-0.3, -0.25) is 9.59 Å². The third-order valence-electron chi connectivity index (χ3n) is 2.40. The Morgan fingerprint density at radius 3 is 2.61 bits per heavy atom. The second kappa shape index (κ2) is 6.64. The van der Waals surface area contributed by atoms with Crippen LogP contribution in [0, 0.1) is 0 Å². The fourth-order valence-electron chi connectivity index (χ4n) is 1.35. The largest absolute Gasteiger partial charge is 0.493 e. The van der Waals surface area contributed by atoms with Crippen LogP contribution in [0.4, 0.5) is 0 Å². The maximum atomic E-state index is 11.4. The average molecular weight is 251 g/mol. The summed E-state index contributed by atoms with van der Waals surface area (Å²) in [7, 11) is 4.90. The fraction of sp³-hybridized carbons (Fsp3) is 0.385. The number of nitrogens with zero attached hydrogens (tertiary/aromatic N) is 1. The van der Waals surface area contributed by atoms with Crippen molar-refractivity contribution in [3.63, 3.8) is 0 Å². The normalized spacial score (nSPS) is 9.72. The van der Waals surface area contributed by atoms with E-state index in [1.165, 1.54) is 12.0 Å². The van der Waals surface area contributed by atoms with Crippen molar-refractivity contribution in [3.8, 4) is 11.5 Å². The SMILES string of the molecule is COc1ccc(C=O)cc1OCCC(=O)N(C)C. The highest BCUT2D eigenvalue weighted by molar-refractivity contribution is 5.76. The van der Waals surface area contributed by atoms with E-state index in [1.54, 1.807) is 32.3 Å². The lowest BCUT2D eigenvalue weighted by atomic mass is 10.2. The number of carbonyl (C=O) groups excluding carboxylic acids is 2. The number of ether oxygens (including phenoxy) is 2. The Labute approximate surface area is 106 Å². The molecule has 0 unspecified atom stereocenters. The summed E-state index contributed by atoms with van der Waals surface area (Å²) in [6.45, 7) is 0.246. The van der Waals surface area contributed by atoms with E-state index in [4.69, 9.17) is 9.47 Å². The van der Waals surface area contributed by atoms with Crippen molar-refractivity contribution in [2.75, 3.05) is 27.8 Å². The second-order valence-electron chi connectivity index (χ2n) is 3.91. The van der Waals surface area contributed by atoms with Gasteiger partial charge in [0, 0.05) is 19.7 Å². The lowest BCUT2D eigenvalue weighted by Gasteiger charge is -2.13. The topological polar surface area (TPSA) is 55.8 Å². The van der Waals surface area contributed by atoms with E-state index in [9.17, 15) is 9.59 Å². The third kappa shape index (κ3) is 3.76. The first-order valence-corrected chi connectivity index (χ1v) is 5.54. The number of hydrogen-bond acceptors (Lipinski definition) is 4. The van der Waals surface area contributed by atoms with Gasteiger partial charge in [0.05, 0.1) is 20.1 Å². The molecule has 0 heterocycles. The highest BCUT2D eigenvalue weighted by Crippen LogP contribution is 2.27. The van der Waals surface area contributed by atoms with Gasteiger partial charge in [-0.25, -0.2) is 0 Å². The van der Waals surface area contributed by atoms with Crippen LogP contribution in [0.15, 0.2) is 18.2 Å². The standard InChI is InChI=1S/C13H17NO4/c1-14(2)13(16)6-7-18-12-8-10(9-15)4-5-11(12)17-3/h4-5,8-9H,6-7H2,1-3H3. The zero-order valence-corrected chi connectivity index (χ0v) is 10.8. The van der Waals surface area contributed by atoms with Crippen molar-refractivity contribution in [2.45, 2.75) is 6.42 Å². The number of methoxy groups -OCH3 is 1. The molecule has 5 nitrogen and oxygen atoms in total. The predicted molar refractivity (Wildman–Crippen MR) is 67.2 cm³/mol. The van der Waals surface area contributed by atoms with Crippen LogP contribution in [0.1, 0.15) is 16.8 Å². The van der Waals surface area contributed by atoms with Gasteiger partial charge in [0.1, 0.15) is 6.29 Å². The summed E-state index contributed by atoms with van der Waals surface area (Å²) < 4.78 is 10.6. The summed E-state index contributed by atoms with van der Waals surface area (Å²) in [5, 5.41) is 0. The van der Waals surface area contributed by atoms with Crippen LogP contribution in [0.3, 0.4) is 0 Å². The first kappa shape index (κ1) is 14.0. The van der Waals surface area contributed by atoms with Crippen LogP contribution >= 0.6 is 0 Å². The minimum Gasteiger partial charge on any atom is -0.493 e. The highest BCUT2D eigenvalue weighted by atomic mass is 16.5. The molecule has 0 bridgehead atoms. The number of rotatable bonds is 6. The highest BCUT2D eigenvalue weighted by Gasteiger charge is 2.08. The number of amides is 1. The molecule has 0 aliphatic heterocycles. The van der Waals surface area contributed by atoms with Crippen molar-refractivity contribution in [2.24, 2.45) is 0 Å². The van der Waals surface area contributed by atoms with Gasteiger partial charge in [-0.2, -0.15) is 0 Å². The summed E-state index contributed by atoms with van der Waals surface area (Å²) in [6.07, 6.45) is 1.01. The maximum absolute atomic E-state index is 11.4. The number of benzene rings is 1. The van der Waals surface area contributed by atoms with Crippen molar-refractivity contribution < 1.29 is 19.1 Å². The van der Waals surface area contributed by atoms with E-state index < -0.39 is 0 Å². The molecule has 0 saturated heterocycles. The summed E-state index contributed by atoms with van der Waals surface area (Å²) in [5.74, 6) is 0.993.